The Morgan fingerprint density at radius 3 is 1.03 bits per heavy atom. The largest absolute Gasteiger partial charge is 0.309 e. The first-order valence-electron chi connectivity index (χ1n) is 40.1. The maximum Gasteiger partial charge on any atom is 0.165 e. The van der Waals surface area contributed by atoms with E-state index in [1.54, 1.807) is 0 Å². The van der Waals surface area contributed by atoms with Crippen LogP contribution < -0.4 is 0 Å². The van der Waals surface area contributed by atoms with Gasteiger partial charge >= 0.3 is 0 Å². The minimum atomic E-state index is 0.912. The number of hydrogen-bond acceptors (Lipinski definition) is 6. The number of benzene rings is 17. The van der Waals surface area contributed by atoms with E-state index in [2.05, 4.69) is 330 Å². The molecule has 0 spiro atoms. The van der Waals surface area contributed by atoms with Gasteiger partial charge in [-0.2, -0.15) is 0 Å². The maximum absolute atomic E-state index is 5.20. The first kappa shape index (κ1) is 63.3. The third-order valence-corrected chi connectivity index (χ3v) is 25.0. The molecule has 0 saturated carbocycles. The molecule has 0 unspecified atom stereocenters. The summed E-state index contributed by atoms with van der Waals surface area (Å²) in [6, 6.07) is 130. The second-order valence-corrected chi connectivity index (χ2v) is 31.2. The highest BCUT2D eigenvalue weighted by Gasteiger charge is 2.29. The molecule has 12 aromatic heterocycles. The molecule has 0 bridgehead atoms. The average molecular weight is 1500 g/mol. The van der Waals surface area contributed by atoms with E-state index in [9.17, 15) is 0 Å². The number of aromatic nitrogens is 12. The second-order valence-electron chi connectivity index (χ2n) is 31.2. The van der Waals surface area contributed by atoms with Gasteiger partial charge in [0.1, 0.15) is 16.6 Å². The van der Waals surface area contributed by atoms with Gasteiger partial charge in [-0.15, -0.1) is 0 Å². The summed E-state index contributed by atoms with van der Waals surface area (Å²) in [7, 11) is 0. The fourth-order valence-corrected chi connectivity index (χ4v) is 20.1. The van der Waals surface area contributed by atoms with Crippen LogP contribution in [0.3, 0.4) is 0 Å². The van der Waals surface area contributed by atoms with E-state index in [1.807, 2.05) is 60.7 Å². The van der Waals surface area contributed by atoms with Crippen LogP contribution in [0.5, 0.6) is 0 Å². The molecule has 0 amide bonds. The molecule has 29 aromatic rings. The van der Waals surface area contributed by atoms with Crippen LogP contribution in [-0.4, -0.2) is 56.8 Å². The molecular formula is C106H60N12. The summed E-state index contributed by atoms with van der Waals surface area (Å²) in [5.41, 5.74) is 31.4. The van der Waals surface area contributed by atoms with Gasteiger partial charge in [0.15, 0.2) is 16.9 Å². The smallest absolute Gasteiger partial charge is 0.165 e. The fraction of sp³-hybridized carbons (Fsp3) is 0. The van der Waals surface area contributed by atoms with E-state index in [-0.39, 0.29) is 0 Å². The van der Waals surface area contributed by atoms with Crippen LogP contribution in [0.1, 0.15) is 0 Å². The number of nitrogens with zero attached hydrogens (tertiary/aromatic N) is 12. The lowest BCUT2D eigenvalue weighted by atomic mass is 9.99. The number of fused-ring (bicyclic) bond motifs is 33. The van der Waals surface area contributed by atoms with Crippen LogP contribution in [0.15, 0.2) is 364 Å². The van der Waals surface area contributed by atoms with E-state index in [1.165, 1.54) is 153 Å². The fourth-order valence-electron chi connectivity index (χ4n) is 20.1. The molecular weight excluding hydrogens is 1440 g/mol. The van der Waals surface area contributed by atoms with Crippen molar-refractivity contribution >= 4 is 224 Å². The van der Waals surface area contributed by atoms with Gasteiger partial charge in [0.2, 0.25) is 0 Å². The molecule has 0 aliphatic carbocycles. The molecule has 0 saturated heterocycles. The van der Waals surface area contributed by atoms with Gasteiger partial charge in [0, 0.05) is 97.9 Å². The molecule has 0 radical (unpaired) electrons. The summed E-state index contributed by atoms with van der Waals surface area (Å²) in [5.74, 6) is 0. The molecule has 12 heterocycles. The topological polar surface area (TPSA) is 105 Å². The minimum absolute atomic E-state index is 0.912. The van der Waals surface area contributed by atoms with Crippen LogP contribution in [0.4, 0.5) is 0 Å². The highest BCUT2D eigenvalue weighted by atomic mass is 15.1. The van der Waals surface area contributed by atoms with Gasteiger partial charge in [-0.3, -0.25) is 13.2 Å². The van der Waals surface area contributed by atoms with Crippen LogP contribution in [0, 0.1) is 0 Å². The van der Waals surface area contributed by atoms with Gasteiger partial charge in [-0.25, -0.2) is 29.9 Å². The molecule has 0 atom stereocenters. The molecule has 17 aromatic carbocycles. The SMILES string of the molecule is c1ccc(-c2ccc(-n3c4ccccc4c4cc5c(cc43)c3cccc4c6nc7ccccc7nc6n5c34)cc2)cc1.c1ccc(-n2c3ccccc3c3c4c5c6ccccc6cc6c7nc8ccccc8nc7n(c4ccc32)c65)cc1.c1ccc(-n2c3ccccc3c3cc4c(cc32)c2cccc3c5nc6ccccc6nc5n4c23)cc1. The molecule has 0 aliphatic rings. The summed E-state index contributed by atoms with van der Waals surface area (Å²) in [5, 5.41) is 20.9. The molecule has 0 fully saturated rings. The van der Waals surface area contributed by atoms with Crippen LogP contribution in [0.2, 0.25) is 0 Å². The van der Waals surface area contributed by atoms with Crippen molar-refractivity contribution < 1.29 is 0 Å². The second kappa shape index (κ2) is 23.7. The Balaban J connectivity index is 0.0000000944. The maximum atomic E-state index is 5.20. The van der Waals surface area contributed by atoms with E-state index in [0.29, 0.717) is 0 Å². The third kappa shape index (κ3) is 8.64. The Labute approximate surface area is 669 Å². The quantitative estimate of drug-likeness (QED) is 0.174. The molecule has 118 heavy (non-hydrogen) atoms. The Bertz CT molecular complexity index is 9320. The summed E-state index contributed by atoms with van der Waals surface area (Å²) in [4.78, 5) is 30.7. The van der Waals surface area contributed by atoms with Crippen molar-refractivity contribution in [2.45, 2.75) is 0 Å². The zero-order valence-corrected chi connectivity index (χ0v) is 63.0. The Hall–Kier alpha value is -16.2. The van der Waals surface area contributed by atoms with Crippen molar-refractivity contribution in [2.24, 2.45) is 0 Å². The predicted molar refractivity (Wildman–Crippen MR) is 489 cm³/mol. The zero-order valence-electron chi connectivity index (χ0n) is 63.0. The van der Waals surface area contributed by atoms with E-state index in [0.717, 1.165) is 99.6 Å². The lowest BCUT2D eigenvalue weighted by Crippen LogP contribution is -1.94. The molecule has 0 N–H and O–H groups in total. The van der Waals surface area contributed by atoms with Gasteiger partial charge in [-0.05, 0) is 155 Å². The number of hydrogen-bond donors (Lipinski definition) is 0. The normalized spacial score (nSPS) is 12.4. The van der Waals surface area contributed by atoms with Crippen molar-refractivity contribution in [1.82, 2.24) is 56.8 Å². The van der Waals surface area contributed by atoms with Crippen molar-refractivity contribution in [3.8, 4) is 28.2 Å². The van der Waals surface area contributed by atoms with Crippen LogP contribution in [0.25, 0.3) is 253 Å². The molecule has 29 rings (SSSR count). The first-order chi connectivity index (χ1) is 58.6. The Kier molecular flexibility index (Phi) is 12.7. The van der Waals surface area contributed by atoms with Crippen molar-refractivity contribution in [3.63, 3.8) is 0 Å². The van der Waals surface area contributed by atoms with E-state index in [4.69, 9.17) is 29.9 Å². The van der Waals surface area contributed by atoms with E-state index < -0.39 is 0 Å². The zero-order chi connectivity index (χ0) is 76.7. The summed E-state index contributed by atoms with van der Waals surface area (Å²) in [6.45, 7) is 0. The van der Waals surface area contributed by atoms with Crippen LogP contribution >= 0.6 is 0 Å². The molecule has 544 valence electrons. The lowest BCUT2D eigenvalue weighted by molar-refractivity contribution is 1.18. The van der Waals surface area contributed by atoms with Crippen molar-refractivity contribution in [1.29, 1.82) is 0 Å². The van der Waals surface area contributed by atoms with Crippen LogP contribution in [-0.2, 0) is 0 Å². The first-order valence-corrected chi connectivity index (χ1v) is 40.1. The highest BCUT2D eigenvalue weighted by Crippen LogP contribution is 2.50. The summed E-state index contributed by atoms with van der Waals surface area (Å²) < 4.78 is 14.2. The van der Waals surface area contributed by atoms with Gasteiger partial charge in [-0.1, -0.05) is 231 Å². The van der Waals surface area contributed by atoms with Crippen molar-refractivity contribution in [2.75, 3.05) is 0 Å². The van der Waals surface area contributed by atoms with Gasteiger partial charge in [0.25, 0.3) is 0 Å². The third-order valence-electron chi connectivity index (χ3n) is 25.0. The van der Waals surface area contributed by atoms with Crippen molar-refractivity contribution in [3.05, 3.63) is 364 Å². The predicted octanol–water partition coefficient (Wildman–Crippen LogP) is 26.5. The number of rotatable bonds is 4. The number of para-hydroxylation sites is 13. The molecule has 0 aliphatic heterocycles. The molecule has 12 heteroatoms. The summed E-state index contributed by atoms with van der Waals surface area (Å²) >= 11 is 0. The summed E-state index contributed by atoms with van der Waals surface area (Å²) in [6.07, 6.45) is 0. The standard InChI is InChI=1S/C38H22N4.C36H20N4.C32H18N4/c1-2-9-23(10-3-1)24-17-19-25(20-18-24)41-33-16-7-4-11-26(33)29-21-35-30(22-34(29)41)27-12-8-13-28-36-38(42(35)37(27)28)40-32-15-6-5-14-31(32)39-36;1-2-11-22(12-3-1)39-28-17-9-6-14-24(28)31-29(39)18-19-30-33(31)32-23-13-5-4-10-21(23)20-25-34-36(40(30)35(25)32)38-27-16-8-7-15-26(27)37-34;1-2-9-19(10-3-1)35-27-16-7-4-11-20(27)23-17-29-24(18-28(23)35)21-12-8-13-22-30-32(36(29)31(21)22)34-26-15-6-5-14-25(26)33-30/h1-22H;1-20H;1-18H. The average Bonchev–Trinajstić information content (AvgIpc) is 1.52. The monoisotopic (exact) mass is 1500 g/mol. The minimum Gasteiger partial charge on any atom is -0.309 e. The van der Waals surface area contributed by atoms with E-state index >= 15 is 0 Å². The lowest BCUT2D eigenvalue weighted by Gasteiger charge is -2.10. The van der Waals surface area contributed by atoms with Gasteiger partial charge < -0.3 is 13.7 Å². The Morgan fingerprint density at radius 1 is 0.169 bits per heavy atom. The van der Waals surface area contributed by atoms with Gasteiger partial charge in [0.05, 0.1) is 99.3 Å². The Morgan fingerprint density at radius 2 is 0.517 bits per heavy atom. The highest BCUT2D eigenvalue weighted by molar-refractivity contribution is 6.38. The molecule has 12 nitrogen and oxygen atoms in total.